The number of aromatic amines is 1. The van der Waals surface area contributed by atoms with Crippen LogP contribution in [0, 0.1) is 0 Å². The number of hydrogen-bond donors (Lipinski definition) is 1. The van der Waals surface area contributed by atoms with E-state index in [1.807, 2.05) is 18.2 Å². The van der Waals surface area contributed by atoms with Crippen molar-refractivity contribution in [2.45, 2.75) is 21.6 Å². The van der Waals surface area contributed by atoms with Gasteiger partial charge in [-0.1, -0.05) is 27.2 Å². The highest BCUT2D eigenvalue weighted by Crippen LogP contribution is 2.64. The first-order valence-corrected chi connectivity index (χ1v) is 8.20. The fourth-order valence-corrected chi connectivity index (χ4v) is 4.37. The monoisotopic (exact) mass is 305 g/mol. The Balaban J connectivity index is 2.47. The van der Waals surface area contributed by atoms with Crippen LogP contribution in [0.15, 0.2) is 18.2 Å². The lowest BCUT2D eigenvalue weighted by atomic mass is 9.13. The van der Waals surface area contributed by atoms with Crippen molar-refractivity contribution in [3.8, 4) is 0 Å². The fourth-order valence-electron chi connectivity index (χ4n) is 4.20. The third-order valence-corrected chi connectivity index (χ3v) is 7.05. The molecule has 1 aliphatic rings. The van der Waals surface area contributed by atoms with Crippen LogP contribution < -0.4 is 0 Å². The Kier molecular flexibility index (Phi) is 3.32. The number of aldehydes is 1. The lowest BCUT2D eigenvalue weighted by molar-refractivity contribution is -0.109. The van der Waals surface area contributed by atoms with Gasteiger partial charge in [-0.05, 0) is 23.8 Å². The summed E-state index contributed by atoms with van der Waals surface area (Å²) in [5.41, 5.74) is 3.36. The largest absolute Gasteiger partial charge is 0.358 e. The van der Waals surface area contributed by atoms with Crippen LogP contribution in [0.4, 0.5) is 0 Å². The summed E-state index contributed by atoms with van der Waals surface area (Å²) in [6.07, 6.45) is 1.10. The molecule has 3 rings (SSSR count). The molecule has 0 radical (unpaired) electrons. The molecule has 106 valence electrons. The molecule has 0 amide bonds. The predicted molar refractivity (Wildman–Crippen MR) is 110 cm³/mol. The van der Waals surface area contributed by atoms with Crippen molar-refractivity contribution < 1.29 is 4.79 Å². The van der Waals surface area contributed by atoms with Crippen molar-refractivity contribution in [2.24, 2.45) is 0 Å². The van der Waals surface area contributed by atoms with Crippen LogP contribution in [-0.4, -0.2) is 58.3 Å². The van der Waals surface area contributed by atoms with E-state index in [1.54, 1.807) is 0 Å². The maximum Gasteiger partial charge on any atom is 0.128 e. The number of halogens is 1. The molecular formula is C13H18B6ClNO. The third-order valence-electron chi connectivity index (χ3n) is 6.81. The first-order valence-electron chi connectivity index (χ1n) is 7.82. The highest BCUT2D eigenvalue weighted by Gasteiger charge is 2.57. The number of aromatic nitrogens is 1. The average Bonchev–Trinajstić information content (AvgIpc) is 2.76. The number of carbonyl (C=O) groups is 1. The van der Waals surface area contributed by atoms with Gasteiger partial charge < -0.3 is 9.78 Å². The predicted octanol–water partition coefficient (Wildman–Crippen LogP) is -2.70. The first kappa shape index (κ1) is 16.0. The second-order valence-corrected chi connectivity index (χ2v) is 8.63. The molecule has 2 nitrogen and oxygen atoms in total. The van der Waals surface area contributed by atoms with Gasteiger partial charge in [0.25, 0.3) is 0 Å². The summed E-state index contributed by atoms with van der Waals surface area (Å²) in [6.45, 7) is 0. The van der Waals surface area contributed by atoms with E-state index >= 15 is 0 Å². The molecule has 9 heteroatoms. The minimum absolute atomic E-state index is 0.0456. The van der Waals surface area contributed by atoms with Crippen LogP contribution in [0.5, 0.6) is 0 Å². The average molecular weight is 305 g/mol. The molecule has 0 spiro atoms. The molecule has 0 saturated carbocycles. The molecule has 1 aromatic carbocycles. The Bertz CT molecular complexity index is 784. The lowest BCUT2D eigenvalue weighted by Crippen LogP contribution is -2.56. The summed E-state index contributed by atoms with van der Waals surface area (Å²) in [5.74, 6) is -0.142. The van der Waals surface area contributed by atoms with Gasteiger partial charge in [0.15, 0.2) is 0 Å². The van der Waals surface area contributed by atoms with Crippen molar-refractivity contribution in [3.63, 3.8) is 0 Å². The summed E-state index contributed by atoms with van der Waals surface area (Å²) >= 11 is 6.23. The Hall–Kier alpha value is -0.890. The van der Waals surface area contributed by atoms with Crippen LogP contribution in [0.1, 0.15) is 17.2 Å². The molecule has 1 heterocycles. The molecule has 0 fully saturated rings. The van der Waals surface area contributed by atoms with Crippen LogP contribution in [0.25, 0.3) is 10.9 Å². The van der Waals surface area contributed by atoms with Gasteiger partial charge in [0, 0.05) is 27.5 Å². The number of hydrogen-bond acceptors (Lipinski definition) is 1. The zero-order valence-electron chi connectivity index (χ0n) is 14.2. The third kappa shape index (κ3) is 1.73. The summed E-state index contributed by atoms with van der Waals surface area (Å²) in [4.78, 5) is 15.4. The van der Waals surface area contributed by atoms with Gasteiger partial charge in [0.05, 0.1) is 31.4 Å². The van der Waals surface area contributed by atoms with Crippen LogP contribution >= 0.6 is 11.6 Å². The normalized spacial score (nSPS) is 24.7. The first-order chi connectivity index (χ1) is 10.1. The zero-order valence-corrected chi connectivity index (χ0v) is 14.9. The van der Waals surface area contributed by atoms with E-state index in [2.05, 4.69) is 52.1 Å². The molecule has 1 unspecified atom stereocenters. The second-order valence-electron chi connectivity index (χ2n) is 8.19. The van der Waals surface area contributed by atoms with E-state index < -0.39 is 0 Å². The van der Waals surface area contributed by atoms with E-state index in [4.69, 9.17) is 11.6 Å². The number of fused-ring (bicyclic) bond motifs is 3. The van der Waals surface area contributed by atoms with E-state index in [-0.39, 0.29) is 21.6 Å². The molecule has 1 atom stereocenters. The number of carbonyl (C=O) groups excluding carboxylic acids is 1. The molecular weight excluding hydrogens is 286 g/mol. The molecule has 2 aromatic rings. The standard InChI is InChI=1S/C13H18B6ClNO/c14-11(15)7(4-22)10-9(12(16,17)13(11,18)19)6-3-5(20)1-2-8(6)21-10/h1-4,7,21H,14-19H2. The molecule has 0 bridgehead atoms. The SMILES string of the molecule is BC1(B)c2c([nH]c3ccc(Cl)cc23)C(C=O)C(B)(B)C1(B)B. The van der Waals surface area contributed by atoms with Gasteiger partial charge in [0.1, 0.15) is 22.0 Å². The molecule has 0 saturated heterocycles. The van der Waals surface area contributed by atoms with Gasteiger partial charge in [-0.2, -0.15) is 0 Å². The van der Waals surface area contributed by atoms with Crippen molar-refractivity contribution >= 4 is 75.9 Å². The van der Waals surface area contributed by atoms with Gasteiger partial charge in [0.2, 0.25) is 0 Å². The highest BCUT2D eigenvalue weighted by atomic mass is 35.5. The minimum Gasteiger partial charge on any atom is -0.358 e. The van der Waals surface area contributed by atoms with Crippen molar-refractivity contribution in [1.29, 1.82) is 0 Å². The van der Waals surface area contributed by atoms with Crippen LogP contribution in [-0.2, 0) is 10.0 Å². The van der Waals surface area contributed by atoms with E-state index in [0.717, 1.165) is 27.9 Å². The van der Waals surface area contributed by atoms with Crippen molar-refractivity contribution in [3.05, 3.63) is 34.5 Å². The molecule has 22 heavy (non-hydrogen) atoms. The Labute approximate surface area is 142 Å². The van der Waals surface area contributed by atoms with Crippen molar-refractivity contribution in [2.75, 3.05) is 0 Å². The zero-order chi connectivity index (χ0) is 16.5. The quantitative estimate of drug-likeness (QED) is 0.451. The van der Waals surface area contributed by atoms with Gasteiger partial charge >= 0.3 is 0 Å². The number of rotatable bonds is 1. The summed E-state index contributed by atoms with van der Waals surface area (Å²) in [5, 5.41) is 1.61. The number of H-pyrrole nitrogens is 1. The van der Waals surface area contributed by atoms with Gasteiger partial charge in [-0.15, -0.1) is 0 Å². The lowest BCUT2D eigenvalue weighted by Gasteiger charge is -2.60. The Morgan fingerprint density at radius 3 is 2.36 bits per heavy atom. The maximum atomic E-state index is 11.9. The topological polar surface area (TPSA) is 32.9 Å². The Morgan fingerprint density at radius 1 is 1.14 bits per heavy atom. The smallest absolute Gasteiger partial charge is 0.128 e. The summed E-state index contributed by atoms with van der Waals surface area (Å²) < 4.78 is 0. The minimum atomic E-state index is -0.143. The Morgan fingerprint density at radius 2 is 1.77 bits per heavy atom. The fraction of sp³-hybridized carbons (Fsp3) is 0.308. The number of benzene rings is 1. The molecule has 1 aliphatic carbocycles. The van der Waals surface area contributed by atoms with E-state index in [9.17, 15) is 4.79 Å². The molecule has 1 N–H and O–H groups in total. The van der Waals surface area contributed by atoms with Crippen molar-refractivity contribution in [1.82, 2.24) is 4.98 Å². The molecule has 0 aliphatic heterocycles. The van der Waals surface area contributed by atoms with Crippen LogP contribution in [0.3, 0.4) is 0 Å². The second kappa shape index (κ2) is 4.56. The summed E-state index contributed by atoms with van der Waals surface area (Å²) in [6, 6.07) is 5.92. The maximum absolute atomic E-state index is 11.9. The van der Waals surface area contributed by atoms with E-state index in [0.29, 0.717) is 0 Å². The van der Waals surface area contributed by atoms with Gasteiger partial charge in [-0.25, -0.2) is 0 Å². The van der Waals surface area contributed by atoms with Gasteiger partial charge in [-0.3, -0.25) is 0 Å². The van der Waals surface area contributed by atoms with Crippen LogP contribution in [0.2, 0.25) is 15.5 Å². The van der Waals surface area contributed by atoms with E-state index in [1.165, 1.54) is 5.56 Å². The molecule has 1 aromatic heterocycles. The summed E-state index contributed by atoms with van der Waals surface area (Å²) in [7, 11) is 13.5. The highest BCUT2D eigenvalue weighted by molar-refractivity contribution is 6.62. The number of nitrogens with one attached hydrogen (secondary N) is 1.